The van der Waals surface area contributed by atoms with Crippen LogP contribution in [0.1, 0.15) is 18.4 Å². The summed E-state index contributed by atoms with van der Waals surface area (Å²) in [6.07, 6.45) is 2.09. The average molecular weight is 239 g/mol. The van der Waals surface area contributed by atoms with E-state index < -0.39 is 0 Å². The number of benzene rings is 1. The number of aliphatic hydroxyl groups excluding tert-OH is 1. The summed E-state index contributed by atoms with van der Waals surface area (Å²) in [6, 6.07) is 4.75. The molecular weight excluding hydrogens is 221 g/mol. The van der Waals surface area contributed by atoms with Gasteiger partial charge in [-0.2, -0.15) is 0 Å². The lowest BCUT2D eigenvalue weighted by molar-refractivity contribution is 0.152. The van der Waals surface area contributed by atoms with Crippen LogP contribution in [0.15, 0.2) is 18.2 Å². The lowest BCUT2D eigenvalue weighted by atomic mass is 10.1. The minimum Gasteiger partial charge on any atom is -0.496 e. The fourth-order valence-electron chi connectivity index (χ4n) is 2.40. The Labute approximate surface area is 101 Å². The molecule has 0 saturated carbocycles. The maximum Gasteiger partial charge on any atom is 0.123 e. The lowest BCUT2D eigenvalue weighted by Crippen LogP contribution is -2.31. The van der Waals surface area contributed by atoms with E-state index in [1.165, 1.54) is 12.1 Å². The van der Waals surface area contributed by atoms with Crippen LogP contribution in [0.2, 0.25) is 0 Å². The SMILES string of the molecule is COc1ccc(F)cc1CN1CCCC1CO. The summed E-state index contributed by atoms with van der Waals surface area (Å²) >= 11 is 0. The molecule has 1 aromatic carbocycles. The molecule has 1 aliphatic heterocycles. The Morgan fingerprint density at radius 3 is 3.06 bits per heavy atom. The molecule has 0 aliphatic carbocycles. The molecule has 1 aromatic rings. The first-order valence-corrected chi connectivity index (χ1v) is 5.92. The number of halogens is 1. The van der Waals surface area contributed by atoms with Crippen LogP contribution in [0.3, 0.4) is 0 Å². The summed E-state index contributed by atoms with van der Waals surface area (Å²) in [6.45, 7) is 1.74. The van der Waals surface area contributed by atoms with E-state index in [4.69, 9.17) is 4.74 Å². The summed E-state index contributed by atoms with van der Waals surface area (Å²) in [5.41, 5.74) is 0.841. The van der Waals surface area contributed by atoms with Gasteiger partial charge in [0.25, 0.3) is 0 Å². The van der Waals surface area contributed by atoms with Crippen LogP contribution in [0.25, 0.3) is 0 Å². The number of rotatable bonds is 4. The van der Waals surface area contributed by atoms with Gasteiger partial charge in [0.1, 0.15) is 11.6 Å². The van der Waals surface area contributed by atoms with E-state index in [1.54, 1.807) is 13.2 Å². The van der Waals surface area contributed by atoms with Gasteiger partial charge < -0.3 is 9.84 Å². The van der Waals surface area contributed by atoms with Crippen molar-refractivity contribution in [2.24, 2.45) is 0 Å². The van der Waals surface area contributed by atoms with Crippen LogP contribution in [-0.4, -0.2) is 36.3 Å². The molecule has 3 nitrogen and oxygen atoms in total. The Hall–Kier alpha value is -1.13. The second kappa shape index (κ2) is 5.47. The molecule has 1 unspecified atom stereocenters. The van der Waals surface area contributed by atoms with Crippen LogP contribution in [0, 0.1) is 5.82 Å². The zero-order valence-electron chi connectivity index (χ0n) is 10.0. The van der Waals surface area contributed by atoms with E-state index >= 15 is 0 Å². The second-order valence-electron chi connectivity index (χ2n) is 4.41. The number of methoxy groups -OCH3 is 1. The van der Waals surface area contributed by atoms with Crippen molar-refractivity contribution in [2.45, 2.75) is 25.4 Å². The highest BCUT2D eigenvalue weighted by Gasteiger charge is 2.24. The van der Waals surface area contributed by atoms with Crippen molar-refractivity contribution >= 4 is 0 Å². The molecule has 4 heteroatoms. The van der Waals surface area contributed by atoms with Crippen molar-refractivity contribution in [1.29, 1.82) is 0 Å². The third-order valence-electron chi connectivity index (χ3n) is 3.33. The summed E-state index contributed by atoms with van der Waals surface area (Å²) < 4.78 is 18.4. The standard InChI is InChI=1S/C13H18FNO2/c1-17-13-5-4-11(14)7-10(13)8-15-6-2-3-12(15)9-16/h4-5,7,12,16H,2-3,6,8-9H2,1H3. The quantitative estimate of drug-likeness (QED) is 0.869. The maximum atomic E-state index is 13.2. The highest BCUT2D eigenvalue weighted by atomic mass is 19.1. The normalized spacial score (nSPS) is 20.8. The van der Waals surface area contributed by atoms with Crippen LogP contribution in [0.5, 0.6) is 5.75 Å². The van der Waals surface area contributed by atoms with Crippen LogP contribution >= 0.6 is 0 Å². The van der Waals surface area contributed by atoms with Gasteiger partial charge in [-0.05, 0) is 37.6 Å². The number of hydrogen-bond donors (Lipinski definition) is 1. The molecular formula is C13H18FNO2. The molecule has 17 heavy (non-hydrogen) atoms. The Morgan fingerprint density at radius 1 is 1.53 bits per heavy atom. The molecule has 0 bridgehead atoms. The van der Waals surface area contributed by atoms with E-state index in [0.717, 1.165) is 24.9 Å². The largest absolute Gasteiger partial charge is 0.496 e. The van der Waals surface area contributed by atoms with Gasteiger partial charge in [0.05, 0.1) is 13.7 Å². The molecule has 0 aromatic heterocycles. The zero-order chi connectivity index (χ0) is 12.3. The molecule has 1 aliphatic rings. The van der Waals surface area contributed by atoms with E-state index in [-0.39, 0.29) is 18.5 Å². The molecule has 1 fully saturated rings. The molecule has 1 saturated heterocycles. The van der Waals surface area contributed by atoms with Crippen LogP contribution in [0.4, 0.5) is 4.39 Å². The van der Waals surface area contributed by atoms with E-state index in [2.05, 4.69) is 4.90 Å². The minimum absolute atomic E-state index is 0.164. The van der Waals surface area contributed by atoms with Gasteiger partial charge in [-0.1, -0.05) is 0 Å². The van der Waals surface area contributed by atoms with Gasteiger partial charge in [-0.15, -0.1) is 0 Å². The molecule has 2 rings (SSSR count). The Balaban J connectivity index is 2.14. The van der Waals surface area contributed by atoms with Crippen molar-refractivity contribution in [3.63, 3.8) is 0 Å². The second-order valence-corrected chi connectivity index (χ2v) is 4.41. The minimum atomic E-state index is -0.249. The Kier molecular flexibility index (Phi) is 3.97. The van der Waals surface area contributed by atoms with Crippen molar-refractivity contribution in [2.75, 3.05) is 20.3 Å². The van der Waals surface area contributed by atoms with Gasteiger partial charge in [0.2, 0.25) is 0 Å². The predicted octanol–water partition coefficient (Wildman–Crippen LogP) is 1.79. The number of hydrogen-bond acceptors (Lipinski definition) is 3. The topological polar surface area (TPSA) is 32.7 Å². The molecule has 94 valence electrons. The molecule has 1 N–H and O–H groups in total. The number of nitrogens with zero attached hydrogens (tertiary/aromatic N) is 1. The fraction of sp³-hybridized carbons (Fsp3) is 0.538. The van der Waals surface area contributed by atoms with Crippen molar-refractivity contribution in [3.05, 3.63) is 29.6 Å². The smallest absolute Gasteiger partial charge is 0.123 e. The first-order valence-electron chi connectivity index (χ1n) is 5.92. The molecule has 0 radical (unpaired) electrons. The summed E-state index contributed by atoms with van der Waals surface area (Å²) in [5, 5.41) is 9.25. The van der Waals surface area contributed by atoms with Crippen molar-refractivity contribution < 1.29 is 14.2 Å². The van der Waals surface area contributed by atoms with Gasteiger partial charge in [-0.25, -0.2) is 4.39 Å². The Bertz CT molecular complexity index is 384. The monoisotopic (exact) mass is 239 g/mol. The van der Waals surface area contributed by atoms with E-state index in [0.29, 0.717) is 12.3 Å². The maximum absolute atomic E-state index is 13.2. The van der Waals surface area contributed by atoms with Gasteiger partial charge in [-0.3, -0.25) is 4.90 Å². The third kappa shape index (κ3) is 2.76. The number of likely N-dealkylation sites (tertiary alicyclic amines) is 1. The molecule has 0 amide bonds. The first kappa shape index (κ1) is 12.3. The predicted molar refractivity (Wildman–Crippen MR) is 63.5 cm³/mol. The first-order chi connectivity index (χ1) is 8.24. The van der Waals surface area contributed by atoms with E-state index in [9.17, 15) is 9.50 Å². The van der Waals surface area contributed by atoms with Crippen molar-refractivity contribution in [3.8, 4) is 5.75 Å². The average Bonchev–Trinajstić information content (AvgIpc) is 2.77. The fourth-order valence-corrected chi connectivity index (χ4v) is 2.40. The summed E-state index contributed by atoms with van der Waals surface area (Å²) in [4.78, 5) is 2.18. The van der Waals surface area contributed by atoms with Gasteiger partial charge in [0.15, 0.2) is 0 Å². The van der Waals surface area contributed by atoms with E-state index in [1.807, 2.05) is 0 Å². The number of ether oxygens (including phenoxy) is 1. The number of aliphatic hydroxyl groups is 1. The molecule has 1 atom stereocenters. The third-order valence-corrected chi connectivity index (χ3v) is 3.33. The molecule has 0 spiro atoms. The lowest BCUT2D eigenvalue weighted by Gasteiger charge is -2.23. The zero-order valence-corrected chi connectivity index (χ0v) is 10.0. The summed E-state index contributed by atoms with van der Waals surface area (Å²) in [7, 11) is 1.59. The highest BCUT2D eigenvalue weighted by Crippen LogP contribution is 2.25. The van der Waals surface area contributed by atoms with Gasteiger partial charge >= 0.3 is 0 Å². The summed E-state index contributed by atoms with van der Waals surface area (Å²) in [5.74, 6) is 0.454. The van der Waals surface area contributed by atoms with Crippen LogP contribution < -0.4 is 4.74 Å². The van der Waals surface area contributed by atoms with Crippen LogP contribution in [-0.2, 0) is 6.54 Å². The highest BCUT2D eigenvalue weighted by molar-refractivity contribution is 5.34. The Morgan fingerprint density at radius 2 is 2.35 bits per heavy atom. The van der Waals surface area contributed by atoms with Gasteiger partial charge in [0, 0.05) is 18.2 Å². The van der Waals surface area contributed by atoms with Crippen molar-refractivity contribution in [1.82, 2.24) is 4.90 Å². The molecule has 1 heterocycles.